The Morgan fingerprint density at radius 2 is 1.59 bits per heavy atom. The van der Waals surface area contributed by atoms with E-state index in [1.54, 1.807) is 16.8 Å². The van der Waals surface area contributed by atoms with Gasteiger partial charge in [0.05, 0.1) is 11.7 Å². The monoisotopic (exact) mass is 303 g/mol. The summed E-state index contributed by atoms with van der Waals surface area (Å²) in [4.78, 5) is 12.0. The average Bonchev–Trinajstić information content (AvgIpc) is 2.53. The number of hydrogen-bond donors (Lipinski definition) is 1. The highest BCUT2D eigenvalue weighted by Gasteiger charge is 2.26. The van der Waals surface area contributed by atoms with Gasteiger partial charge in [-0.1, -0.05) is 6.92 Å². The second-order valence-electron chi connectivity index (χ2n) is 7.39. The number of aromatic nitrogens is 2. The van der Waals surface area contributed by atoms with Crippen molar-refractivity contribution >= 4 is 0 Å². The molecule has 2 fully saturated rings. The van der Waals surface area contributed by atoms with Crippen LogP contribution in [0.3, 0.4) is 0 Å². The van der Waals surface area contributed by atoms with E-state index in [2.05, 4.69) is 17.3 Å². The van der Waals surface area contributed by atoms with Gasteiger partial charge in [-0.3, -0.25) is 4.79 Å². The summed E-state index contributed by atoms with van der Waals surface area (Å²) >= 11 is 0. The first-order chi connectivity index (χ1) is 10.6. The summed E-state index contributed by atoms with van der Waals surface area (Å²) in [6.07, 6.45) is 9.87. The lowest BCUT2D eigenvalue weighted by Crippen LogP contribution is -2.43. The molecule has 0 radical (unpaired) electrons. The van der Waals surface area contributed by atoms with Crippen LogP contribution in [-0.2, 0) is 0 Å². The first-order valence-corrected chi connectivity index (χ1v) is 8.94. The molecule has 0 atom stereocenters. The molecule has 3 rings (SSSR count). The van der Waals surface area contributed by atoms with Crippen molar-refractivity contribution in [3.05, 3.63) is 28.2 Å². The highest BCUT2D eigenvalue weighted by atomic mass is 16.1. The van der Waals surface area contributed by atoms with Gasteiger partial charge >= 0.3 is 0 Å². The highest BCUT2D eigenvalue weighted by Crippen LogP contribution is 2.29. The van der Waals surface area contributed by atoms with E-state index in [0.29, 0.717) is 6.04 Å². The number of aryl methyl sites for hydroxylation is 1. The number of nitrogens with one attached hydrogen (secondary N) is 1. The van der Waals surface area contributed by atoms with Crippen molar-refractivity contribution in [3.63, 3.8) is 0 Å². The Bertz CT molecular complexity index is 538. The number of nitrogens with zero attached hydrogens (tertiary/aromatic N) is 2. The second kappa shape index (κ2) is 6.95. The van der Waals surface area contributed by atoms with Crippen LogP contribution >= 0.6 is 0 Å². The summed E-state index contributed by atoms with van der Waals surface area (Å²) in [7, 11) is 0. The van der Waals surface area contributed by atoms with E-state index in [1.807, 2.05) is 6.92 Å². The van der Waals surface area contributed by atoms with Crippen LogP contribution in [0.15, 0.2) is 16.9 Å². The largest absolute Gasteiger partial charge is 0.311 e. The third-order valence-corrected chi connectivity index (χ3v) is 5.49. The quantitative estimate of drug-likeness (QED) is 0.932. The molecule has 1 heterocycles. The van der Waals surface area contributed by atoms with Gasteiger partial charge in [0.25, 0.3) is 5.56 Å². The van der Waals surface area contributed by atoms with Crippen LogP contribution in [0.1, 0.15) is 70.0 Å². The first kappa shape index (κ1) is 15.7. The summed E-state index contributed by atoms with van der Waals surface area (Å²) in [6, 6.07) is 5.09. The molecular formula is C18H29N3O. The Balaban J connectivity index is 1.52. The molecule has 0 bridgehead atoms. The molecular weight excluding hydrogens is 274 g/mol. The summed E-state index contributed by atoms with van der Waals surface area (Å²) in [6.45, 7) is 4.32. The number of rotatable bonds is 3. The molecule has 122 valence electrons. The van der Waals surface area contributed by atoms with E-state index in [1.165, 1.54) is 38.5 Å². The van der Waals surface area contributed by atoms with Crippen LogP contribution in [-0.4, -0.2) is 21.9 Å². The Morgan fingerprint density at radius 1 is 1.00 bits per heavy atom. The smallest absolute Gasteiger partial charge is 0.267 e. The lowest BCUT2D eigenvalue weighted by molar-refractivity contribution is 0.226. The molecule has 0 aromatic carbocycles. The SMILES string of the molecule is Cc1ccc(=O)n(C2CCC(NC3CCC(C)CC3)CC2)n1. The third-order valence-electron chi connectivity index (χ3n) is 5.49. The normalized spacial score (nSPS) is 32.8. The van der Waals surface area contributed by atoms with E-state index in [4.69, 9.17) is 0 Å². The van der Waals surface area contributed by atoms with Crippen molar-refractivity contribution in [2.45, 2.75) is 83.3 Å². The van der Waals surface area contributed by atoms with Crippen LogP contribution in [0, 0.1) is 12.8 Å². The lowest BCUT2D eigenvalue weighted by Gasteiger charge is -2.35. The minimum absolute atomic E-state index is 0.0447. The van der Waals surface area contributed by atoms with Crippen molar-refractivity contribution in [1.82, 2.24) is 15.1 Å². The first-order valence-electron chi connectivity index (χ1n) is 8.94. The van der Waals surface area contributed by atoms with Crippen molar-refractivity contribution in [2.24, 2.45) is 5.92 Å². The van der Waals surface area contributed by atoms with Crippen molar-refractivity contribution in [3.8, 4) is 0 Å². The van der Waals surface area contributed by atoms with Crippen LogP contribution in [0.4, 0.5) is 0 Å². The minimum Gasteiger partial charge on any atom is -0.311 e. The zero-order valence-corrected chi connectivity index (χ0v) is 13.9. The van der Waals surface area contributed by atoms with E-state index in [-0.39, 0.29) is 11.6 Å². The zero-order chi connectivity index (χ0) is 15.5. The predicted molar refractivity (Wildman–Crippen MR) is 89.1 cm³/mol. The molecule has 0 amide bonds. The van der Waals surface area contributed by atoms with Gasteiger partial charge in [0.2, 0.25) is 0 Å². The van der Waals surface area contributed by atoms with E-state index < -0.39 is 0 Å². The topological polar surface area (TPSA) is 46.9 Å². The van der Waals surface area contributed by atoms with Crippen molar-refractivity contribution in [2.75, 3.05) is 0 Å². The Hall–Kier alpha value is -1.16. The molecule has 2 aliphatic rings. The molecule has 4 heteroatoms. The lowest BCUT2D eigenvalue weighted by atomic mass is 9.85. The van der Waals surface area contributed by atoms with E-state index >= 15 is 0 Å². The third kappa shape index (κ3) is 3.78. The fourth-order valence-corrected chi connectivity index (χ4v) is 4.03. The second-order valence-corrected chi connectivity index (χ2v) is 7.39. The maximum absolute atomic E-state index is 12.0. The molecule has 2 aliphatic carbocycles. The molecule has 0 unspecified atom stereocenters. The van der Waals surface area contributed by atoms with Crippen LogP contribution < -0.4 is 10.9 Å². The Kier molecular flexibility index (Phi) is 4.97. The molecule has 0 aliphatic heterocycles. The minimum atomic E-state index is 0.0447. The Labute approximate surface area is 133 Å². The summed E-state index contributed by atoms with van der Waals surface area (Å²) in [5.74, 6) is 0.910. The molecule has 4 nitrogen and oxygen atoms in total. The van der Waals surface area contributed by atoms with Gasteiger partial charge in [-0.05, 0) is 70.3 Å². The van der Waals surface area contributed by atoms with Crippen molar-refractivity contribution < 1.29 is 0 Å². The zero-order valence-electron chi connectivity index (χ0n) is 13.9. The molecule has 0 saturated heterocycles. The maximum Gasteiger partial charge on any atom is 0.267 e. The van der Waals surface area contributed by atoms with Gasteiger partial charge in [0.1, 0.15) is 0 Å². The standard InChI is InChI=1S/C18H29N3O/c1-13-3-6-15(7-4-13)19-16-8-10-17(11-9-16)21-18(22)12-5-14(2)20-21/h5,12-13,15-17,19H,3-4,6-11H2,1-2H3. The van der Waals surface area contributed by atoms with E-state index in [9.17, 15) is 4.79 Å². The van der Waals surface area contributed by atoms with Gasteiger partial charge in [0.15, 0.2) is 0 Å². The van der Waals surface area contributed by atoms with E-state index in [0.717, 1.165) is 30.5 Å². The molecule has 22 heavy (non-hydrogen) atoms. The molecule has 0 spiro atoms. The molecule has 1 aromatic heterocycles. The van der Waals surface area contributed by atoms with Gasteiger partial charge in [-0.2, -0.15) is 5.10 Å². The molecule has 1 N–H and O–H groups in total. The fraction of sp³-hybridized carbons (Fsp3) is 0.778. The Morgan fingerprint density at radius 3 is 2.23 bits per heavy atom. The van der Waals surface area contributed by atoms with Gasteiger partial charge in [-0.15, -0.1) is 0 Å². The molecule has 2 saturated carbocycles. The predicted octanol–water partition coefficient (Wildman–Crippen LogP) is 3.20. The highest BCUT2D eigenvalue weighted by molar-refractivity contribution is 4.98. The van der Waals surface area contributed by atoms with Crippen LogP contribution in [0.5, 0.6) is 0 Å². The van der Waals surface area contributed by atoms with Gasteiger partial charge < -0.3 is 5.32 Å². The summed E-state index contributed by atoms with van der Waals surface area (Å²) in [5.41, 5.74) is 0.972. The van der Waals surface area contributed by atoms with Gasteiger partial charge in [-0.25, -0.2) is 4.68 Å². The number of hydrogen-bond acceptors (Lipinski definition) is 3. The van der Waals surface area contributed by atoms with Crippen molar-refractivity contribution in [1.29, 1.82) is 0 Å². The van der Waals surface area contributed by atoms with Crippen LogP contribution in [0.25, 0.3) is 0 Å². The molecule has 1 aromatic rings. The summed E-state index contributed by atoms with van der Waals surface area (Å²) < 4.78 is 1.72. The maximum atomic E-state index is 12.0. The fourth-order valence-electron chi connectivity index (χ4n) is 4.03. The van der Waals surface area contributed by atoms with Gasteiger partial charge in [0, 0.05) is 18.2 Å². The average molecular weight is 303 g/mol. The summed E-state index contributed by atoms with van der Waals surface area (Å²) in [5, 5.41) is 8.30. The van der Waals surface area contributed by atoms with Crippen LogP contribution in [0.2, 0.25) is 0 Å².